The molecule has 0 atom stereocenters. The molecule has 0 aromatic heterocycles. The smallest absolute Gasteiger partial charge is 0.0363 e. The van der Waals surface area contributed by atoms with Crippen LogP contribution in [0.25, 0.3) is 5.73 Å². The number of nitrogens with two attached hydrogens (primary N) is 1. The third kappa shape index (κ3) is 1.19. The first-order chi connectivity index (χ1) is 4.72. The van der Waals surface area contributed by atoms with Gasteiger partial charge in [-0.1, -0.05) is 18.2 Å². The Bertz CT molecular complexity index is 220. The zero-order valence-corrected chi connectivity index (χ0v) is 5.83. The molecule has 3 N–H and O–H groups in total. The van der Waals surface area contributed by atoms with Gasteiger partial charge in [0.25, 0.3) is 0 Å². The lowest BCUT2D eigenvalue weighted by Crippen LogP contribution is -2.24. The van der Waals surface area contributed by atoms with E-state index in [-0.39, 0.29) is 0 Å². The fraction of sp³-hybridized carbons (Fsp3) is 0.143. The highest BCUT2D eigenvalue weighted by molar-refractivity contribution is 5.68. The van der Waals surface area contributed by atoms with Gasteiger partial charge in [0.2, 0.25) is 0 Å². The second kappa shape index (κ2) is 2.58. The quantitative estimate of drug-likeness (QED) is 0.471. The van der Waals surface area contributed by atoms with Gasteiger partial charge < -0.3 is 10.7 Å². The molecule has 10 heavy (non-hydrogen) atoms. The average molecular weight is 136 g/mol. The molecule has 0 saturated heterocycles. The summed E-state index contributed by atoms with van der Waals surface area (Å²) >= 11 is 0. The number of rotatable bonds is 1. The summed E-state index contributed by atoms with van der Waals surface area (Å²) < 4.78 is 0. The Morgan fingerprint density at radius 3 is 2.40 bits per heavy atom. The van der Waals surface area contributed by atoms with Crippen LogP contribution in [0.2, 0.25) is 0 Å². The van der Waals surface area contributed by atoms with Crippen molar-refractivity contribution >= 4 is 11.4 Å². The molecule has 3 heteroatoms. The standard InChI is InChI=1S/C7H10N3/c1-10(9)7-5-3-2-4-6(7)8/h2-5,8H,9H2,1H3/q-1. The molecule has 1 aromatic carbocycles. The number of hydrogen-bond donors (Lipinski definition) is 1. The molecule has 3 nitrogen and oxygen atoms in total. The first-order valence-corrected chi connectivity index (χ1v) is 3.01. The minimum Gasteiger partial charge on any atom is -0.697 e. The molecule has 0 bridgehead atoms. The SMILES string of the molecule is CN(N)c1ccccc1[NH-]. The predicted octanol–water partition coefficient (Wildman–Crippen LogP) is 1.68. The average Bonchev–Trinajstić information content (AvgIpc) is 1.88. The van der Waals surface area contributed by atoms with Gasteiger partial charge in [0, 0.05) is 12.7 Å². The lowest BCUT2D eigenvalue weighted by Gasteiger charge is -2.18. The lowest BCUT2D eigenvalue weighted by atomic mass is 10.3. The third-order valence-corrected chi connectivity index (χ3v) is 1.28. The summed E-state index contributed by atoms with van der Waals surface area (Å²) in [5.41, 5.74) is 8.57. The molecule has 0 unspecified atom stereocenters. The number of nitrogens with zero attached hydrogens (tertiary/aromatic N) is 1. The Labute approximate surface area is 60.2 Å². The maximum atomic E-state index is 7.38. The van der Waals surface area contributed by atoms with Gasteiger partial charge in [0.1, 0.15) is 0 Å². The van der Waals surface area contributed by atoms with E-state index in [0.29, 0.717) is 5.69 Å². The summed E-state index contributed by atoms with van der Waals surface area (Å²) in [6.45, 7) is 0. The van der Waals surface area contributed by atoms with E-state index in [1.165, 1.54) is 5.01 Å². The topological polar surface area (TPSA) is 53.1 Å². The molecule has 0 aliphatic rings. The highest BCUT2D eigenvalue weighted by atomic mass is 15.4. The van der Waals surface area contributed by atoms with Crippen molar-refractivity contribution in [3.05, 3.63) is 30.0 Å². The zero-order valence-electron chi connectivity index (χ0n) is 5.83. The van der Waals surface area contributed by atoms with Crippen LogP contribution in [0.15, 0.2) is 24.3 Å². The summed E-state index contributed by atoms with van der Waals surface area (Å²) in [6.07, 6.45) is 0. The third-order valence-electron chi connectivity index (χ3n) is 1.28. The van der Waals surface area contributed by atoms with Crippen molar-refractivity contribution in [1.82, 2.24) is 0 Å². The summed E-state index contributed by atoms with van der Waals surface area (Å²) in [5, 5.41) is 1.43. The molecule has 1 rings (SSSR count). The van der Waals surface area contributed by atoms with Crippen LogP contribution < -0.4 is 10.9 Å². The Hall–Kier alpha value is -1.22. The number of para-hydroxylation sites is 1. The van der Waals surface area contributed by atoms with E-state index in [9.17, 15) is 0 Å². The van der Waals surface area contributed by atoms with E-state index in [2.05, 4.69) is 0 Å². The van der Waals surface area contributed by atoms with Gasteiger partial charge in [-0.25, -0.2) is 5.84 Å². The summed E-state index contributed by atoms with van der Waals surface area (Å²) in [5.74, 6) is 5.43. The molecule has 0 spiro atoms. The predicted molar refractivity (Wildman–Crippen MR) is 43.0 cm³/mol. The van der Waals surface area contributed by atoms with Crippen molar-refractivity contribution in [3.8, 4) is 0 Å². The van der Waals surface area contributed by atoms with Gasteiger partial charge in [-0.2, -0.15) is 0 Å². The van der Waals surface area contributed by atoms with E-state index in [4.69, 9.17) is 11.6 Å². The molecule has 0 aliphatic heterocycles. The molecule has 0 heterocycles. The molecule has 1 aromatic rings. The van der Waals surface area contributed by atoms with Gasteiger partial charge in [-0.15, -0.1) is 5.69 Å². The van der Waals surface area contributed by atoms with Gasteiger partial charge in [-0.05, 0) is 6.07 Å². The van der Waals surface area contributed by atoms with Crippen molar-refractivity contribution in [2.24, 2.45) is 5.84 Å². The van der Waals surface area contributed by atoms with Crippen molar-refractivity contribution < 1.29 is 0 Å². The van der Waals surface area contributed by atoms with E-state index in [1.54, 1.807) is 13.1 Å². The second-order valence-electron chi connectivity index (χ2n) is 2.13. The maximum Gasteiger partial charge on any atom is 0.0363 e. The molecule has 0 saturated carbocycles. The number of anilines is 1. The lowest BCUT2D eigenvalue weighted by molar-refractivity contribution is 1.02. The monoisotopic (exact) mass is 136 g/mol. The van der Waals surface area contributed by atoms with Gasteiger partial charge in [0.05, 0.1) is 0 Å². The Kier molecular flexibility index (Phi) is 1.78. The number of benzene rings is 1. The van der Waals surface area contributed by atoms with Gasteiger partial charge in [-0.3, -0.25) is 0 Å². The van der Waals surface area contributed by atoms with Crippen LogP contribution >= 0.6 is 0 Å². The van der Waals surface area contributed by atoms with E-state index in [0.717, 1.165) is 5.69 Å². The summed E-state index contributed by atoms with van der Waals surface area (Å²) in [6, 6.07) is 7.19. The first kappa shape index (κ1) is 6.89. The van der Waals surface area contributed by atoms with E-state index < -0.39 is 0 Å². The minimum absolute atomic E-state index is 0.451. The van der Waals surface area contributed by atoms with Crippen molar-refractivity contribution in [1.29, 1.82) is 0 Å². The number of hydrazine groups is 1. The normalized spacial score (nSPS) is 9.40. The molecule has 0 aliphatic carbocycles. The molecular formula is C7H10N3-. The minimum atomic E-state index is 0.451. The van der Waals surface area contributed by atoms with Crippen molar-refractivity contribution in [2.75, 3.05) is 12.1 Å². The maximum absolute atomic E-state index is 7.38. The Morgan fingerprint density at radius 2 is 2.00 bits per heavy atom. The molecule has 54 valence electrons. The molecule has 0 fully saturated rings. The molecular weight excluding hydrogens is 126 g/mol. The van der Waals surface area contributed by atoms with Crippen LogP contribution in [0.4, 0.5) is 11.4 Å². The zero-order chi connectivity index (χ0) is 7.56. The highest BCUT2D eigenvalue weighted by Crippen LogP contribution is 2.23. The van der Waals surface area contributed by atoms with E-state index >= 15 is 0 Å². The Morgan fingerprint density at radius 1 is 1.40 bits per heavy atom. The molecule has 0 radical (unpaired) electrons. The Balaban J connectivity index is 3.03. The van der Waals surface area contributed by atoms with Crippen LogP contribution in [-0.2, 0) is 0 Å². The molecule has 0 amide bonds. The van der Waals surface area contributed by atoms with Crippen LogP contribution in [0.5, 0.6) is 0 Å². The van der Waals surface area contributed by atoms with E-state index in [1.807, 2.05) is 18.2 Å². The number of hydrogen-bond acceptors (Lipinski definition) is 2. The van der Waals surface area contributed by atoms with Crippen molar-refractivity contribution in [2.45, 2.75) is 0 Å². The first-order valence-electron chi connectivity index (χ1n) is 3.01. The fourth-order valence-electron chi connectivity index (χ4n) is 0.781. The fourth-order valence-corrected chi connectivity index (χ4v) is 0.781. The van der Waals surface area contributed by atoms with Crippen LogP contribution in [-0.4, -0.2) is 7.05 Å². The second-order valence-corrected chi connectivity index (χ2v) is 2.13. The van der Waals surface area contributed by atoms with Crippen molar-refractivity contribution in [3.63, 3.8) is 0 Å². The number of nitrogens with one attached hydrogen (secondary N) is 1. The largest absolute Gasteiger partial charge is 0.697 e. The highest BCUT2D eigenvalue weighted by Gasteiger charge is 1.91. The van der Waals surface area contributed by atoms with Gasteiger partial charge >= 0.3 is 0 Å². The van der Waals surface area contributed by atoms with Crippen LogP contribution in [0.1, 0.15) is 0 Å². The summed E-state index contributed by atoms with van der Waals surface area (Å²) in [7, 11) is 1.72. The summed E-state index contributed by atoms with van der Waals surface area (Å²) in [4.78, 5) is 0. The van der Waals surface area contributed by atoms with Crippen LogP contribution in [0, 0.1) is 0 Å². The van der Waals surface area contributed by atoms with Crippen LogP contribution in [0.3, 0.4) is 0 Å². The van der Waals surface area contributed by atoms with Gasteiger partial charge in [0.15, 0.2) is 0 Å².